The largest absolute Gasteiger partial charge is 0.453 e. The first-order valence-corrected chi connectivity index (χ1v) is 10.0. The number of amides is 2. The van der Waals surface area contributed by atoms with Gasteiger partial charge in [0, 0.05) is 30.7 Å². The van der Waals surface area contributed by atoms with Gasteiger partial charge in [-0.25, -0.2) is 14.8 Å². The molecule has 2 heterocycles. The standard InChI is InChI=1S/C21H29N5O3/c1-13(2)18(25-21(28)29-4)19(27)26-9-5-6-16(26)12-23-20-22-11-15-10-14(3)7-8-17(15)24-20/h7-8,10-11,13,16,18H,5-6,9,12H2,1-4H3,(H,25,28)(H,22,23,24)/t16-,18-/m0/s1. The lowest BCUT2D eigenvalue weighted by atomic mass is 10.0. The van der Waals surface area contributed by atoms with E-state index in [1.807, 2.05) is 44.0 Å². The van der Waals surface area contributed by atoms with E-state index < -0.39 is 12.1 Å². The van der Waals surface area contributed by atoms with Crippen molar-refractivity contribution in [2.75, 3.05) is 25.5 Å². The van der Waals surface area contributed by atoms with Gasteiger partial charge in [-0.15, -0.1) is 0 Å². The molecule has 0 aliphatic carbocycles. The molecule has 1 saturated heterocycles. The Hall–Kier alpha value is -2.90. The lowest BCUT2D eigenvalue weighted by molar-refractivity contribution is -0.135. The highest BCUT2D eigenvalue weighted by Gasteiger charge is 2.35. The second-order valence-corrected chi connectivity index (χ2v) is 7.82. The third kappa shape index (κ3) is 4.93. The topological polar surface area (TPSA) is 96.5 Å². The molecule has 0 radical (unpaired) electrons. The van der Waals surface area contributed by atoms with Gasteiger partial charge in [0.2, 0.25) is 11.9 Å². The number of alkyl carbamates (subject to hydrolysis) is 1. The fourth-order valence-corrected chi connectivity index (χ4v) is 3.66. The summed E-state index contributed by atoms with van der Waals surface area (Å²) in [5.74, 6) is 0.432. The second kappa shape index (κ2) is 9.07. The molecule has 0 unspecified atom stereocenters. The van der Waals surface area contributed by atoms with Crippen LogP contribution < -0.4 is 10.6 Å². The fraction of sp³-hybridized carbons (Fsp3) is 0.524. The number of carbonyl (C=O) groups excluding carboxylic acids is 2. The first-order valence-electron chi connectivity index (χ1n) is 10.0. The van der Waals surface area contributed by atoms with Crippen molar-refractivity contribution in [2.45, 2.75) is 45.7 Å². The number of aromatic nitrogens is 2. The number of nitrogens with one attached hydrogen (secondary N) is 2. The van der Waals surface area contributed by atoms with Gasteiger partial charge in [-0.05, 0) is 37.8 Å². The van der Waals surface area contributed by atoms with Crippen LogP contribution in [0, 0.1) is 12.8 Å². The number of fused-ring (bicyclic) bond motifs is 1. The molecule has 0 saturated carbocycles. The van der Waals surface area contributed by atoms with Crippen molar-refractivity contribution in [1.29, 1.82) is 0 Å². The van der Waals surface area contributed by atoms with Crippen LogP contribution in [0.5, 0.6) is 0 Å². The first kappa shape index (κ1) is 20.8. The summed E-state index contributed by atoms with van der Waals surface area (Å²) < 4.78 is 4.67. The molecule has 1 fully saturated rings. The van der Waals surface area contributed by atoms with Gasteiger partial charge in [0.15, 0.2) is 0 Å². The molecule has 1 aromatic carbocycles. The van der Waals surface area contributed by atoms with Gasteiger partial charge in [-0.1, -0.05) is 25.5 Å². The summed E-state index contributed by atoms with van der Waals surface area (Å²) in [4.78, 5) is 35.5. The summed E-state index contributed by atoms with van der Waals surface area (Å²) >= 11 is 0. The Balaban J connectivity index is 1.66. The quantitative estimate of drug-likeness (QED) is 0.775. The predicted molar refractivity (Wildman–Crippen MR) is 112 cm³/mol. The van der Waals surface area contributed by atoms with Crippen LogP contribution in [0.15, 0.2) is 24.4 Å². The average molecular weight is 399 g/mol. The average Bonchev–Trinajstić information content (AvgIpc) is 3.18. The van der Waals surface area contributed by atoms with Gasteiger partial charge < -0.3 is 20.3 Å². The maximum atomic E-state index is 13.1. The highest BCUT2D eigenvalue weighted by Crippen LogP contribution is 2.21. The summed E-state index contributed by atoms with van der Waals surface area (Å²) in [6.45, 7) is 7.09. The van der Waals surface area contributed by atoms with Crippen molar-refractivity contribution in [1.82, 2.24) is 20.2 Å². The Morgan fingerprint density at radius 1 is 1.34 bits per heavy atom. The van der Waals surface area contributed by atoms with Crippen molar-refractivity contribution < 1.29 is 14.3 Å². The van der Waals surface area contributed by atoms with Crippen LogP contribution in [-0.2, 0) is 9.53 Å². The monoisotopic (exact) mass is 399 g/mol. The number of rotatable bonds is 6. The first-order chi connectivity index (χ1) is 13.9. The zero-order chi connectivity index (χ0) is 21.0. The number of aryl methyl sites for hydroxylation is 1. The molecule has 1 aromatic heterocycles. The Morgan fingerprint density at radius 3 is 2.86 bits per heavy atom. The molecule has 29 heavy (non-hydrogen) atoms. The molecular weight excluding hydrogens is 370 g/mol. The number of ether oxygens (including phenoxy) is 1. The van der Waals surface area contributed by atoms with Crippen molar-refractivity contribution >= 4 is 28.9 Å². The normalized spacial score (nSPS) is 17.4. The highest BCUT2D eigenvalue weighted by atomic mass is 16.5. The lowest BCUT2D eigenvalue weighted by Crippen LogP contribution is -2.53. The number of carbonyl (C=O) groups is 2. The van der Waals surface area contributed by atoms with E-state index in [2.05, 4.69) is 31.4 Å². The number of methoxy groups -OCH3 is 1. The van der Waals surface area contributed by atoms with Gasteiger partial charge in [-0.2, -0.15) is 0 Å². The molecule has 8 nitrogen and oxygen atoms in total. The molecule has 3 rings (SSSR count). The fourth-order valence-electron chi connectivity index (χ4n) is 3.66. The molecule has 0 bridgehead atoms. The Kier molecular flexibility index (Phi) is 6.51. The molecule has 2 aromatic rings. The third-order valence-electron chi connectivity index (χ3n) is 5.28. The Morgan fingerprint density at radius 2 is 2.14 bits per heavy atom. The van der Waals surface area contributed by atoms with Crippen LogP contribution in [0.25, 0.3) is 10.9 Å². The van der Waals surface area contributed by atoms with Crippen LogP contribution in [0.2, 0.25) is 0 Å². The van der Waals surface area contributed by atoms with E-state index in [-0.39, 0.29) is 17.9 Å². The molecule has 2 amide bonds. The third-order valence-corrected chi connectivity index (χ3v) is 5.28. The molecule has 2 N–H and O–H groups in total. The van der Waals surface area contributed by atoms with Crippen LogP contribution in [-0.4, -0.2) is 59.2 Å². The van der Waals surface area contributed by atoms with Crippen molar-refractivity contribution in [3.8, 4) is 0 Å². The molecule has 0 spiro atoms. The zero-order valence-corrected chi connectivity index (χ0v) is 17.4. The van der Waals surface area contributed by atoms with Crippen LogP contribution in [0.3, 0.4) is 0 Å². The van der Waals surface area contributed by atoms with Gasteiger partial charge in [-0.3, -0.25) is 4.79 Å². The lowest BCUT2D eigenvalue weighted by Gasteiger charge is -2.30. The van der Waals surface area contributed by atoms with E-state index in [1.165, 1.54) is 12.7 Å². The molecule has 1 aliphatic rings. The predicted octanol–water partition coefficient (Wildman–Crippen LogP) is 2.72. The minimum Gasteiger partial charge on any atom is -0.453 e. The molecule has 1 aliphatic heterocycles. The number of anilines is 1. The SMILES string of the molecule is COC(=O)N[C@H](C(=O)N1CCC[C@H]1CNc1ncc2cc(C)ccc2n1)C(C)C. The van der Waals surface area contributed by atoms with E-state index in [1.54, 1.807) is 0 Å². The van der Waals surface area contributed by atoms with Gasteiger partial charge in [0.05, 0.1) is 12.6 Å². The van der Waals surface area contributed by atoms with E-state index in [4.69, 9.17) is 0 Å². The summed E-state index contributed by atoms with van der Waals surface area (Å²) in [6, 6.07) is 5.48. The summed E-state index contributed by atoms with van der Waals surface area (Å²) in [6.07, 6.45) is 3.04. The number of hydrogen-bond acceptors (Lipinski definition) is 6. The second-order valence-electron chi connectivity index (χ2n) is 7.82. The van der Waals surface area contributed by atoms with E-state index >= 15 is 0 Å². The molecule has 156 valence electrons. The maximum Gasteiger partial charge on any atom is 0.407 e. The number of hydrogen-bond donors (Lipinski definition) is 2. The molecule has 8 heteroatoms. The van der Waals surface area contributed by atoms with Crippen molar-refractivity contribution in [3.05, 3.63) is 30.0 Å². The van der Waals surface area contributed by atoms with E-state index in [0.717, 1.165) is 23.7 Å². The van der Waals surface area contributed by atoms with Crippen molar-refractivity contribution in [3.63, 3.8) is 0 Å². The number of nitrogens with zero attached hydrogens (tertiary/aromatic N) is 3. The van der Waals surface area contributed by atoms with Gasteiger partial charge in [0.25, 0.3) is 0 Å². The summed E-state index contributed by atoms with van der Waals surface area (Å²) in [5, 5.41) is 6.94. The molecule has 2 atom stereocenters. The minimum atomic E-state index is -0.608. The molecular formula is C21H29N5O3. The van der Waals surface area contributed by atoms with Gasteiger partial charge >= 0.3 is 6.09 Å². The zero-order valence-electron chi connectivity index (χ0n) is 17.4. The summed E-state index contributed by atoms with van der Waals surface area (Å²) in [5.41, 5.74) is 2.05. The number of likely N-dealkylation sites (tertiary alicyclic amines) is 1. The maximum absolute atomic E-state index is 13.1. The minimum absolute atomic E-state index is 0.0283. The van der Waals surface area contributed by atoms with Gasteiger partial charge in [0.1, 0.15) is 6.04 Å². The van der Waals surface area contributed by atoms with E-state index in [9.17, 15) is 9.59 Å². The van der Waals surface area contributed by atoms with Crippen LogP contribution >= 0.6 is 0 Å². The van der Waals surface area contributed by atoms with Crippen LogP contribution in [0.1, 0.15) is 32.3 Å². The Bertz CT molecular complexity index is 886. The highest BCUT2D eigenvalue weighted by molar-refractivity contribution is 5.86. The number of benzene rings is 1. The van der Waals surface area contributed by atoms with Crippen LogP contribution in [0.4, 0.5) is 10.7 Å². The smallest absolute Gasteiger partial charge is 0.407 e. The Labute approximate surface area is 171 Å². The van der Waals surface area contributed by atoms with E-state index in [0.29, 0.717) is 19.0 Å². The van der Waals surface area contributed by atoms with Crippen molar-refractivity contribution in [2.24, 2.45) is 5.92 Å². The summed E-state index contributed by atoms with van der Waals surface area (Å²) in [7, 11) is 1.30.